The summed E-state index contributed by atoms with van der Waals surface area (Å²) < 4.78 is 26.9. The normalized spacial score (nSPS) is 13.2. The molecule has 0 bridgehead atoms. The van der Waals surface area contributed by atoms with E-state index in [1.54, 1.807) is 0 Å². The quantitative estimate of drug-likeness (QED) is 0.799. The number of aliphatic hydroxyl groups is 1. The Morgan fingerprint density at radius 3 is 2.81 bits per heavy atom. The molecular weight excluding hydrogens is 218 g/mol. The van der Waals surface area contributed by atoms with Crippen molar-refractivity contribution in [3.8, 4) is 0 Å². The van der Waals surface area contributed by atoms with Gasteiger partial charge in [-0.3, -0.25) is 9.78 Å². The fourth-order valence-electron chi connectivity index (χ4n) is 1.02. The van der Waals surface area contributed by atoms with Crippen molar-refractivity contribution in [2.75, 3.05) is 6.54 Å². The smallest absolute Gasteiger partial charge is 0.366 e. The number of carbonyl (C=O) groups excluding carboxylic acids is 1. The van der Waals surface area contributed by atoms with Gasteiger partial charge in [0, 0.05) is 12.7 Å². The molecule has 0 spiro atoms. The second kappa shape index (κ2) is 4.98. The summed E-state index contributed by atoms with van der Waals surface area (Å²) in [5, 5.41) is 10.8. The van der Waals surface area contributed by atoms with E-state index >= 15 is 0 Å². The van der Waals surface area contributed by atoms with Gasteiger partial charge in [-0.1, -0.05) is 6.07 Å². The summed E-state index contributed by atoms with van der Waals surface area (Å²) >= 11 is 0. The number of aliphatic hydroxyl groups excluding tert-OH is 1. The maximum absolute atomic E-state index is 13.4. The Morgan fingerprint density at radius 1 is 1.62 bits per heavy atom. The zero-order valence-electron chi connectivity index (χ0n) is 8.65. The second-order valence-corrected chi connectivity index (χ2v) is 3.35. The molecule has 0 aliphatic carbocycles. The van der Waals surface area contributed by atoms with Gasteiger partial charge in [0.1, 0.15) is 5.69 Å². The number of carbonyl (C=O) groups is 1. The van der Waals surface area contributed by atoms with Crippen molar-refractivity contribution in [1.82, 2.24) is 10.3 Å². The van der Waals surface area contributed by atoms with E-state index in [9.17, 15) is 13.6 Å². The van der Waals surface area contributed by atoms with Gasteiger partial charge >= 0.3 is 5.92 Å². The number of aromatic nitrogens is 1. The van der Waals surface area contributed by atoms with Gasteiger partial charge in [0.2, 0.25) is 0 Å². The molecule has 88 valence electrons. The highest BCUT2D eigenvalue weighted by molar-refractivity contribution is 5.84. The molecule has 0 aromatic carbocycles. The monoisotopic (exact) mass is 230 g/mol. The molecule has 0 fully saturated rings. The van der Waals surface area contributed by atoms with Crippen LogP contribution in [-0.4, -0.2) is 28.6 Å². The third-order valence-corrected chi connectivity index (χ3v) is 1.83. The van der Waals surface area contributed by atoms with Gasteiger partial charge in [-0.15, -0.1) is 0 Å². The molecule has 1 amide bonds. The molecule has 1 aromatic rings. The first-order chi connectivity index (χ1) is 7.44. The van der Waals surface area contributed by atoms with Crippen molar-refractivity contribution >= 4 is 5.91 Å². The molecular formula is C10H12F2N2O2. The largest absolute Gasteiger partial charge is 0.392 e. The van der Waals surface area contributed by atoms with Gasteiger partial charge in [0.15, 0.2) is 0 Å². The summed E-state index contributed by atoms with van der Waals surface area (Å²) in [6.45, 7) is 1.17. The number of amides is 1. The lowest BCUT2D eigenvalue weighted by molar-refractivity contribution is -0.148. The number of rotatable bonds is 4. The van der Waals surface area contributed by atoms with Gasteiger partial charge in [0.25, 0.3) is 5.91 Å². The molecule has 1 rings (SSSR count). The van der Waals surface area contributed by atoms with Crippen LogP contribution in [0.25, 0.3) is 0 Å². The summed E-state index contributed by atoms with van der Waals surface area (Å²) in [5.41, 5.74) is -0.613. The van der Waals surface area contributed by atoms with Gasteiger partial charge < -0.3 is 10.4 Å². The standard InChI is InChI=1S/C10H12F2N2O2/c1-7(15)6-14-9(16)10(11,12)8-4-2-3-5-13-8/h2-5,7,15H,6H2,1H3,(H,14,16). The maximum atomic E-state index is 13.4. The van der Waals surface area contributed by atoms with E-state index in [1.165, 1.54) is 25.3 Å². The van der Waals surface area contributed by atoms with E-state index in [2.05, 4.69) is 4.98 Å². The Balaban J connectivity index is 2.74. The summed E-state index contributed by atoms with van der Waals surface area (Å²) in [5.74, 6) is -5.15. The minimum absolute atomic E-state index is 0.221. The van der Waals surface area contributed by atoms with Crippen molar-refractivity contribution < 1.29 is 18.7 Å². The maximum Gasteiger partial charge on any atom is 0.366 e. The molecule has 0 radical (unpaired) electrons. The second-order valence-electron chi connectivity index (χ2n) is 3.35. The highest BCUT2D eigenvalue weighted by atomic mass is 19.3. The average molecular weight is 230 g/mol. The zero-order valence-corrected chi connectivity index (χ0v) is 8.65. The number of hydrogen-bond acceptors (Lipinski definition) is 3. The van der Waals surface area contributed by atoms with Gasteiger partial charge in [-0.25, -0.2) is 0 Å². The minimum atomic E-state index is -3.68. The van der Waals surface area contributed by atoms with Gasteiger partial charge in [-0.05, 0) is 19.1 Å². The van der Waals surface area contributed by atoms with Crippen LogP contribution in [0.1, 0.15) is 12.6 Å². The summed E-state index contributed by atoms with van der Waals surface area (Å²) in [6, 6.07) is 3.92. The van der Waals surface area contributed by atoms with Crippen molar-refractivity contribution in [1.29, 1.82) is 0 Å². The Hall–Kier alpha value is -1.56. The summed E-state index contributed by atoms with van der Waals surface area (Å²) in [6.07, 6.45) is 0.314. The van der Waals surface area contributed by atoms with E-state index in [-0.39, 0.29) is 6.54 Å². The van der Waals surface area contributed by atoms with Crippen LogP contribution in [0.5, 0.6) is 0 Å². The van der Waals surface area contributed by atoms with Crippen LogP contribution in [0, 0.1) is 0 Å². The number of alkyl halides is 2. The third kappa shape index (κ3) is 2.96. The Labute approximate surface area is 91.3 Å². The Morgan fingerprint density at radius 2 is 2.31 bits per heavy atom. The van der Waals surface area contributed by atoms with Crippen LogP contribution in [-0.2, 0) is 10.7 Å². The van der Waals surface area contributed by atoms with E-state index in [0.29, 0.717) is 0 Å². The average Bonchev–Trinajstić information content (AvgIpc) is 2.27. The lowest BCUT2D eigenvalue weighted by atomic mass is 10.2. The first-order valence-corrected chi connectivity index (χ1v) is 4.70. The van der Waals surface area contributed by atoms with Gasteiger partial charge in [0.05, 0.1) is 6.10 Å². The first-order valence-electron chi connectivity index (χ1n) is 4.70. The minimum Gasteiger partial charge on any atom is -0.392 e. The van der Waals surface area contributed by atoms with E-state index in [4.69, 9.17) is 5.11 Å². The summed E-state index contributed by atoms with van der Waals surface area (Å²) in [4.78, 5) is 14.6. The first kappa shape index (κ1) is 12.5. The molecule has 1 unspecified atom stereocenters. The number of halogens is 2. The molecule has 1 aromatic heterocycles. The molecule has 16 heavy (non-hydrogen) atoms. The van der Waals surface area contributed by atoms with Crippen LogP contribution in [0.3, 0.4) is 0 Å². The van der Waals surface area contributed by atoms with E-state index in [0.717, 1.165) is 6.07 Å². The Kier molecular flexibility index (Phi) is 3.89. The summed E-state index contributed by atoms with van der Waals surface area (Å²) in [7, 11) is 0. The molecule has 6 heteroatoms. The van der Waals surface area contributed by atoms with Crippen molar-refractivity contribution in [3.05, 3.63) is 30.1 Å². The third-order valence-electron chi connectivity index (χ3n) is 1.83. The van der Waals surface area contributed by atoms with Crippen LogP contribution < -0.4 is 5.32 Å². The predicted molar refractivity (Wildman–Crippen MR) is 52.8 cm³/mol. The van der Waals surface area contributed by atoms with Gasteiger partial charge in [-0.2, -0.15) is 8.78 Å². The molecule has 2 N–H and O–H groups in total. The van der Waals surface area contributed by atoms with Crippen LogP contribution in [0.2, 0.25) is 0 Å². The van der Waals surface area contributed by atoms with E-state index < -0.39 is 23.6 Å². The number of nitrogens with zero attached hydrogens (tertiary/aromatic N) is 1. The van der Waals surface area contributed by atoms with Crippen LogP contribution in [0.15, 0.2) is 24.4 Å². The molecule has 1 atom stereocenters. The lowest BCUT2D eigenvalue weighted by Gasteiger charge is -2.15. The topological polar surface area (TPSA) is 62.2 Å². The molecule has 1 heterocycles. The SMILES string of the molecule is CC(O)CNC(=O)C(F)(F)c1ccccn1. The molecule has 0 saturated heterocycles. The van der Waals surface area contributed by atoms with Crippen LogP contribution >= 0.6 is 0 Å². The lowest BCUT2D eigenvalue weighted by Crippen LogP contribution is -2.41. The number of hydrogen-bond donors (Lipinski definition) is 2. The van der Waals surface area contributed by atoms with Crippen LogP contribution in [0.4, 0.5) is 8.78 Å². The number of nitrogens with one attached hydrogen (secondary N) is 1. The predicted octanol–water partition coefficient (Wildman–Crippen LogP) is 0.670. The highest BCUT2D eigenvalue weighted by Crippen LogP contribution is 2.25. The van der Waals surface area contributed by atoms with Crippen molar-refractivity contribution in [3.63, 3.8) is 0 Å². The molecule has 4 nitrogen and oxygen atoms in total. The van der Waals surface area contributed by atoms with Crippen molar-refractivity contribution in [2.45, 2.75) is 19.0 Å². The highest BCUT2D eigenvalue weighted by Gasteiger charge is 2.42. The zero-order chi connectivity index (χ0) is 12.2. The fourth-order valence-corrected chi connectivity index (χ4v) is 1.02. The van der Waals surface area contributed by atoms with Crippen molar-refractivity contribution in [2.24, 2.45) is 0 Å². The van der Waals surface area contributed by atoms with E-state index in [1.807, 2.05) is 5.32 Å². The fraction of sp³-hybridized carbons (Fsp3) is 0.400. The Bertz CT molecular complexity index is 355. The molecule has 0 saturated carbocycles. The molecule has 0 aliphatic rings. The number of pyridine rings is 1. The molecule has 0 aliphatic heterocycles.